The van der Waals surface area contributed by atoms with Gasteiger partial charge < -0.3 is 15.5 Å². The summed E-state index contributed by atoms with van der Waals surface area (Å²) in [6.45, 7) is 5.58. The van der Waals surface area contributed by atoms with Crippen LogP contribution in [0.1, 0.15) is 58.4 Å². The van der Waals surface area contributed by atoms with Gasteiger partial charge in [0.05, 0.1) is 18.3 Å². The molecule has 1 saturated carbocycles. The number of nitrogens with two attached hydrogens (primary N) is 1. The van der Waals surface area contributed by atoms with Crippen LogP contribution in [0.2, 0.25) is 0 Å². The molecule has 1 aromatic heterocycles. The average Bonchev–Trinajstić information content (AvgIpc) is 3.08. The Balaban J connectivity index is 1.59. The first-order chi connectivity index (χ1) is 13.8. The lowest BCUT2D eigenvalue weighted by atomic mass is 9.76. The molecule has 0 bridgehead atoms. The SMILES string of the molecule is CC(C)[C@H](NC(=O)[C@H](C)N)C(=O)C[C@H]1CCC[C@@H](Cc2coc3ccccc23)C1. The van der Waals surface area contributed by atoms with Crippen molar-refractivity contribution in [2.45, 2.75) is 71.4 Å². The molecule has 3 rings (SSSR count). The molecule has 2 aromatic rings. The van der Waals surface area contributed by atoms with Crippen molar-refractivity contribution in [1.82, 2.24) is 5.32 Å². The molecule has 0 saturated heterocycles. The quantitative estimate of drug-likeness (QED) is 0.697. The van der Waals surface area contributed by atoms with E-state index >= 15 is 0 Å². The Bertz CT molecular complexity index is 840. The zero-order valence-corrected chi connectivity index (χ0v) is 17.8. The van der Waals surface area contributed by atoms with E-state index in [4.69, 9.17) is 10.2 Å². The highest BCUT2D eigenvalue weighted by atomic mass is 16.3. The van der Waals surface area contributed by atoms with E-state index in [1.807, 2.05) is 38.3 Å². The number of Topliss-reactive ketones (excluding diaryl/α,β-unsaturated/α-hetero) is 1. The highest BCUT2D eigenvalue weighted by molar-refractivity contribution is 5.91. The number of fused-ring (bicyclic) bond motifs is 1. The van der Waals surface area contributed by atoms with Crippen LogP contribution >= 0.6 is 0 Å². The molecule has 1 aromatic carbocycles. The van der Waals surface area contributed by atoms with Crippen LogP contribution in [0, 0.1) is 17.8 Å². The van der Waals surface area contributed by atoms with Crippen molar-refractivity contribution in [3.63, 3.8) is 0 Å². The Labute approximate surface area is 173 Å². The minimum absolute atomic E-state index is 0.0573. The lowest BCUT2D eigenvalue weighted by molar-refractivity contribution is -0.130. The maximum atomic E-state index is 12.9. The molecule has 3 N–H and O–H groups in total. The number of ketones is 1. The number of hydrogen-bond acceptors (Lipinski definition) is 4. The van der Waals surface area contributed by atoms with Crippen molar-refractivity contribution in [1.29, 1.82) is 0 Å². The van der Waals surface area contributed by atoms with Gasteiger partial charge in [-0.25, -0.2) is 0 Å². The van der Waals surface area contributed by atoms with Gasteiger partial charge >= 0.3 is 0 Å². The van der Waals surface area contributed by atoms with Gasteiger partial charge in [0.15, 0.2) is 5.78 Å². The monoisotopic (exact) mass is 398 g/mol. The number of para-hydroxylation sites is 1. The fourth-order valence-corrected chi connectivity index (χ4v) is 4.59. The number of benzene rings is 1. The smallest absolute Gasteiger partial charge is 0.237 e. The number of carbonyl (C=O) groups is 2. The third-order valence-electron chi connectivity index (χ3n) is 6.18. The van der Waals surface area contributed by atoms with Crippen LogP contribution in [0.3, 0.4) is 0 Å². The molecule has 1 aliphatic carbocycles. The maximum absolute atomic E-state index is 12.9. The summed E-state index contributed by atoms with van der Waals surface area (Å²) in [6, 6.07) is 7.11. The van der Waals surface area contributed by atoms with Gasteiger partial charge in [-0.05, 0) is 49.1 Å². The highest BCUT2D eigenvalue weighted by Crippen LogP contribution is 2.35. The van der Waals surface area contributed by atoms with Crippen LogP contribution in [0.5, 0.6) is 0 Å². The molecule has 1 fully saturated rings. The van der Waals surface area contributed by atoms with Gasteiger partial charge in [-0.2, -0.15) is 0 Å². The van der Waals surface area contributed by atoms with Crippen LogP contribution in [-0.2, 0) is 16.0 Å². The molecule has 5 heteroatoms. The standard InChI is InChI=1S/C24H34N2O3/c1-15(2)23(26-24(28)16(3)25)21(27)13-18-8-6-7-17(11-18)12-19-14-29-22-10-5-4-9-20(19)22/h4-5,9-10,14-18,23H,6-8,11-13,25H2,1-3H3,(H,26,28)/t16-,17+,18-,23-/m0/s1. The second-order valence-corrected chi connectivity index (χ2v) is 9.05. The van der Waals surface area contributed by atoms with E-state index in [1.54, 1.807) is 6.92 Å². The Morgan fingerprint density at radius 2 is 1.90 bits per heavy atom. The van der Waals surface area contributed by atoms with Crippen LogP contribution in [-0.4, -0.2) is 23.8 Å². The first kappa shape index (κ1) is 21.6. The first-order valence-corrected chi connectivity index (χ1v) is 10.9. The van der Waals surface area contributed by atoms with Gasteiger partial charge in [-0.15, -0.1) is 0 Å². The Kier molecular flexibility index (Phi) is 7.12. The summed E-state index contributed by atoms with van der Waals surface area (Å²) < 4.78 is 5.69. The summed E-state index contributed by atoms with van der Waals surface area (Å²) in [7, 11) is 0. The van der Waals surface area contributed by atoms with E-state index in [1.165, 1.54) is 17.4 Å². The zero-order chi connectivity index (χ0) is 21.0. The first-order valence-electron chi connectivity index (χ1n) is 10.9. The van der Waals surface area contributed by atoms with Gasteiger partial charge in [-0.1, -0.05) is 51.3 Å². The van der Waals surface area contributed by atoms with E-state index in [9.17, 15) is 9.59 Å². The molecule has 0 spiro atoms. The summed E-state index contributed by atoms with van der Waals surface area (Å²) in [5.41, 5.74) is 7.86. The molecule has 0 aliphatic heterocycles. The Hall–Kier alpha value is -2.14. The van der Waals surface area contributed by atoms with Gasteiger partial charge in [-0.3, -0.25) is 9.59 Å². The predicted octanol–water partition coefficient (Wildman–Crippen LogP) is 4.23. The molecular weight excluding hydrogens is 364 g/mol. The molecule has 158 valence electrons. The van der Waals surface area contributed by atoms with Crippen molar-refractivity contribution >= 4 is 22.7 Å². The normalized spacial score (nSPS) is 21.8. The minimum atomic E-state index is -0.604. The third-order valence-corrected chi connectivity index (χ3v) is 6.18. The molecule has 0 unspecified atom stereocenters. The van der Waals surface area contributed by atoms with E-state index < -0.39 is 12.1 Å². The van der Waals surface area contributed by atoms with Gasteiger partial charge in [0.1, 0.15) is 5.58 Å². The minimum Gasteiger partial charge on any atom is -0.464 e. The number of hydrogen-bond donors (Lipinski definition) is 2. The lowest BCUT2D eigenvalue weighted by Gasteiger charge is -2.30. The number of rotatable bonds is 8. The van der Waals surface area contributed by atoms with Crippen LogP contribution in [0.15, 0.2) is 34.9 Å². The van der Waals surface area contributed by atoms with Crippen molar-refractivity contribution in [3.8, 4) is 0 Å². The largest absolute Gasteiger partial charge is 0.464 e. The van der Waals surface area contributed by atoms with Gasteiger partial charge in [0.2, 0.25) is 5.91 Å². The van der Waals surface area contributed by atoms with E-state index in [0.717, 1.165) is 31.3 Å². The summed E-state index contributed by atoms with van der Waals surface area (Å²) in [6.07, 6.45) is 7.90. The summed E-state index contributed by atoms with van der Waals surface area (Å²) in [5, 5.41) is 4.05. The molecule has 1 heterocycles. The predicted molar refractivity (Wildman–Crippen MR) is 115 cm³/mol. The number of carbonyl (C=O) groups excluding carboxylic acids is 2. The maximum Gasteiger partial charge on any atom is 0.237 e. The molecule has 0 radical (unpaired) electrons. The molecule has 1 amide bonds. The van der Waals surface area contributed by atoms with Crippen LogP contribution in [0.4, 0.5) is 0 Å². The number of furan rings is 1. The van der Waals surface area contributed by atoms with Crippen molar-refractivity contribution in [2.24, 2.45) is 23.5 Å². The molecule has 5 nitrogen and oxygen atoms in total. The lowest BCUT2D eigenvalue weighted by Crippen LogP contribution is -2.50. The molecular formula is C24H34N2O3. The van der Waals surface area contributed by atoms with Crippen LogP contribution in [0.25, 0.3) is 11.0 Å². The molecule has 1 aliphatic rings. The second kappa shape index (κ2) is 9.57. The van der Waals surface area contributed by atoms with Gasteiger partial charge in [0, 0.05) is 11.8 Å². The summed E-state index contributed by atoms with van der Waals surface area (Å²) >= 11 is 0. The van der Waals surface area contributed by atoms with E-state index in [2.05, 4.69) is 11.4 Å². The van der Waals surface area contributed by atoms with E-state index in [-0.39, 0.29) is 17.6 Å². The fraction of sp³-hybridized carbons (Fsp3) is 0.583. The van der Waals surface area contributed by atoms with E-state index in [0.29, 0.717) is 18.3 Å². The molecule has 4 atom stereocenters. The number of nitrogens with one attached hydrogen (secondary N) is 1. The highest BCUT2D eigenvalue weighted by Gasteiger charge is 2.30. The fourth-order valence-electron chi connectivity index (χ4n) is 4.59. The zero-order valence-electron chi connectivity index (χ0n) is 17.8. The number of amides is 1. The molecule has 29 heavy (non-hydrogen) atoms. The second-order valence-electron chi connectivity index (χ2n) is 9.05. The summed E-state index contributed by atoms with van der Waals surface area (Å²) in [4.78, 5) is 24.9. The van der Waals surface area contributed by atoms with Gasteiger partial charge in [0.25, 0.3) is 0 Å². The van der Waals surface area contributed by atoms with Crippen molar-refractivity contribution < 1.29 is 14.0 Å². The van der Waals surface area contributed by atoms with Crippen molar-refractivity contribution in [3.05, 3.63) is 36.1 Å². The topological polar surface area (TPSA) is 85.3 Å². The average molecular weight is 399 g/mol. The van der Waals surface area contributed by atoms with Crippen LogP contribution < -0.4 is 11.1 Å². The van der Waals surface area contributed by atoms with Crippen molar-refractivity contribution in [2.75, 3.05) is 0 Å². The third kappa shape index (κ3) is 5.47. The summed E-state index contributed by atoms with van der Waals surface area (Å²) in [5.74, 6) is 0.882. The Morgan fingerprint density at radius 1 is 1.17 bits per heavy atom. The Morgan fingerprint density at radius 3 is 2.62 bits per heavy atom.